The van der Waals surface area contributed by atoms with Crippen LogP contribution in [0.5, 0.6) is 0 Å². The van der Waals surface area contributed by atoms with E-state index in [9.17, 15) is 22.4 Å². The first kappa shape index (κ1) is 27.3. The minimum atomic E-state index is -3.90. The zero-order valence-electron chi connectivity index (χ0n) is 20.3. The maximum atomic E-state index is 13.8. The van der Waals surface area contributed by atoms with Gasteiger partial charge in [0, 0.05) is 13.1 Å². The van der Waals surface area contributed by atoms with Crippen LogP contribution in [0.4, 0.5) is 10.1 Å². The van der Waals surface area contributed by atoms with E-state index in [2.05, 4.69) is 5.32 Å². The molecule has 0 spiro atoms. The Morgan fingerprint density at radius 2 is 1.79 bits per heavy atom. The third-order valence-electron chi connectivity index (χ3n) is 5.59. The molecule has 0 fully saturated rings. The van der Waals surface area contributed by atoms with Crippen LogP contribution in [0.2, 0.25) is 0 Å². The first-order chi connectivity index (χ1) is 16.1. The lowest BCUT2D eigenvalue weighted by molar-refractivity contribution is -0.140. The zero-order chi connectivity index (χ0) is 25.3. The maximum Gasteiger partial charge on any atom is 0.244 e. The van der Waals surface area contributed by atoms with E-state index in [-0.39, 0.29) is 18.1 Å². The third-order valence-corrected chi connectivity index (χ3v) is 6.73. The molecule has 0 aliphatic heterocycles. The van der Waals surface area contributed by atoms with Crippen LogP contribution in [0.15, 0.2) is 48.5 Å². The van der Waals surface area contributed by atoms with Gasteiger partial charge < -0.3 is 10.2 Å². The van der Waals surface area contributed by atoms with Crippen LogP contribution in [-0.4, -0.2) is 50.5 Å². The van der Waals surface area contributed by atoms with Crippen LogP contribution < -0.4 is 9.62 Å². The van der Waals surface area contributed by atoms with E-state index in [4.69, 9.17) is 0 Å². The summed E-state index contributed by atoms with van der Waals surface area (Å²) in [5.41, 5.74) is 1.85. The van der Waals surface area contributed by atoms with E-state index in [1.54, 1.807) is 0 Å². The van der Waals surface area contributed by atoms with Gasteiger partial charge in [-0.05, 0) is 49.1 Å². The van der Waals surface area contributed by atoms with Crippen molar-refractivity contribution in [1.29, 1.82) is 0 Å². The number of carbonyl (C=O) groups excluding carboxylic acids is 2. The summed E-state index contributed by atoms with van der Waals surface area (Å²) in [5, 5.41) is 2.88. The molecule has 7 nitrogen and oxygen atoms in total. The molecule has 0 saturated carbocycles. The fraction of sp³-hybridized carbons (Fsp3) is 0.440. The summed E-state index contributed by atoms with van der Waals surface area (Å²) in [6, 6.07) is 11.8. The van der Waals surface area contributed by atoms with Gasteiger partial charge >= 0.3 is 0 Å². The fourth-order valence-corrected chi connectivity index (χ4v) is 4.48. The highest BCUT2D eigenvalue weighted by Gasteiger charge is 2.31. The standard InChI is InChI=1S/C25H34FN3O4S/c1-5-7-15-27-25(31)23(6-2)28(17-20-12-9-8-11-19(20)3)24(30)18-29(34(4,32)33)22-14-10-13-21(26)16-22/h8-14,16,23H,5-7,15,17-18H2,1-4H3,(H,27,31). The molecule has 0 aliphatic carbocycles. The van der Waals surface area contributed by atoms with Crippen molar-refractivity contribution in [3.8, 4) is 0 Å². The number of benzene rings is 2. The number of nitrogens with one attached hydrogen (secondary N) is 1. The van der Waals surface area contributed by atoms with E-state index in [0.717, 1.165) is 40.6 Å². The van der Waals surface area contributed by atoms with Gasteiger partial charge in [0.25, 0.3) is 0 Å². The molecule has 2 aromatic rings. The second-order valence-electron chi connectivity index (χ2n) is 8.27. The summed E-state index contributed by atoms with van der Waals surface area (Å²) in [5.74, 6) is -1.44. The molecule has 34 heavy (non-hydrogen) atoms. The van der Waals surface area contributed by atoms with Crippen LogP contribution in [0.3, 0.4) is 0 Å². The number of aryl methyl sites for hydroxylation is 1. The Hall–Kier alpha value is -2.94. The number of rotatable bonds is 12. The summed E-state index contributed by atoms with van der Waals surface area (Å²) in [7, 11) is -3.90. The Morgan fingerprint density at radius 1 is 1.09 bits per heavy atom. The Kier molecular flexibility index (Phi) is 10.0. The summed E-state index contributed by atoms with van der Waals surface area (Å²) in [4.78, 5) is 28.0. The Bertz CT molecular complexity index is 1090. The highest BCUT2D eigenvalue weighted by atomic mass is 32.2. The molecule has 0 heterocycles. The zero-order valence-corrected chi connectivity index (χ0v) is 21.1. The third kappa shape index (κ3) is 7.55. The first-order valence-corrected chi connectivity index (χ1v) is 13.3. The molecule has 0 aromatic heterocycles. The molecule has 1 unspecified atom stereocenters. The van der Waals surface area contributed by atoms with Gasteiger partial charge in [0.2, 0.25) is 21.8 Å². The summed E-state index contributed by atoms with van der Waals surface area (Å²) < 4.78 is 39.7. The van der Waals surface area contributed by atoms with Crippen molar-refractivity contribution in [3.05, 3.63) is 65.5 Å². The minimum Gasteiger partial charge on any atom is -0.354 e. The summed E-state index contributed by atoms with van der Waals surface area (Å²) in [6.07, 6.45) is 3.05. The lowest BCUT2D eigenvalue weighted by Gasteiger charge is -2.33. The number of unbranched alkanes of at least 4 members (excludes halogenated alkanes) is 1. The largest absolute Gasteiger partial charge is 0.354 e. The van der Waals surface area contributed by atoms with Gasteiger partial charge in [-0.25, -0.2) is 12.8 Å². The molecule has 9 heteroatoms. The quantitative estimate of drug-likeness (QED) is 0.460. The number of hydrogen-bond donors (Lipinski definition) is 1. The average Bonchev–Trinajstić information content (AvgIpc) is 2.77. The number of anilines is 1. The fourth-order valence-electron chi connectivity index (χ4n) is 3.64. The van der Waals surface area contributed by atoms with Crippen molar-refractivity contribution >= 4 is 27.5 Å². The Balaban J connectivity index is 2.41. The molecule has 1 atom stereocenters. The van der Waals surface area contributed by atoms with Crippen LogP contribution in [0.1, 0.15) is 44.2 Å². The van der Waals surface area contributed by atoms with Crippen LogP contribution in [0.25, 0.3) is 0 Å². The molecule has 2 aromatic carbocycles. The summed E-state index contributed by atoms with van der Waals surface area (Å²) >= 11 is 0. The van der Waals surface area contributed by atoms with Gasteiger partial charge in [-0.1, -0.05) is 50.6 Å². The highest BCUT2D eigenvalue weighted by molar-refractivity contribution is 7.92. The van der Waals surface area contributed by atoms with E-state index in [0.29, 0.717) is 13.0 Å². The number of carbonyl (C=O) groups is 2. The first-order valence-electron chi connectivity index (χ1n) is 11.4. The second kappa shape index (κ2) is 12.5. The molecular formula is C25H34FN3O4S. The molecule has 2 amide bonds. The summed E-state index contributed by atoms with van der Waals surface area (Å²) in [6.45, 7) is 5.83. The molecule has 1 N–H and O–H groups in total. The van der Waals surface area contributed by atoms with Crippen LogP contribution in [0, 0.1) is 12.7 Å². The number of amides is 2. The number of halogens is 1. The molecule has 0 bridgehead atoms. The van der Waals surface area contributed by atoms with Gasteiger partial charge in [0.1, 0.15) is 18.4 Å². The van der Waals surface area contributed by atoms with E-state index >= 15 is 0 Å². The van der Waals surface area contributed by atoms with Gasteiger partial charge in [-0.2, -0.15) is 0 Å². The topological polar surface area (TPSA) is 86.8 Å². The molecular weight excluding hydrogens is 457 g/mol. The predicted molar refractivity (Wildman–Crippen MR) is 132 cm³/mol. The average molecular weight is 492 g/mol. The lowest BCUT2D eigenvalue weighted by Crippen LogP contribution is -2.52. The Morgan fingerprint density at radius 3 is 2.38 bits per heavy atom. The van der Waals surface area contributed by atoms with Crippen molar-refractivity contribution < 1.29 is 22.4 Å². The van der Waals surface area contributed by atoms with Gasteiger partial charge in [-0.15, -0.1) is 0 Å². The SMILES string of the molecule is CCCCNC(=O)C(CC)N(Cc1ccccc1C)C(=O)CN(c1cccc(F)c1)S(C)(=O)=O. The van der Waals surface area contributed by atoms with Crippen molar-refractivity contribution in [2.24, 2.45) is 0 Å². The predicted octanol–water partition coefficient (Wildman–Crippen LogP) is 3.62. The molecule has 0 aliphatic rings. The molecule has 2 rings (SSSR count). The lowest BCUT2D eigenvalue weighted by atomic mass is 10.1. The van der Waals surface area contributed by atoms with Crippen LogP contribution in [-0.2, 0) is 26.2 Å². The van der Waals surface area contributed by atoms with E-state index in [1.807, 2.05) is 45.0 Å². The number of nitrogens with zero attached hydrogens (tertiary/aromatic N) is 2. The molecule has 186 valence electrons. The number of hydrogen-bond acceptors (Lipinski definition) is 4. The van der Waals surface area contributed by atoms with Crippen molar-refractivity contribution in [3.63, 3.8) is 0 Å². The number of sulfonamides is 1. The van der Waals surface area contributed by atoms with E-state index in [1.165, 1.54) is 23.1 Å². The monoisotopic (exact) mass is 491 g/mol. The molecule has 0 saturated heterocycles. The van der Waals surface area contributed by atoms with Crippen LogP contribution >= 0.6 is 0 Å². The minimum absolute atomic E-state index is 0.0483. The van der Waals surface area contributed by atoms with Gasteiger partial charge in [0.15, 0.2) is 0 Å². The van der Waals surface area contributed by atoms with Gasteiger partial charge in [0.05, 0.1) is 11.9 Å². The second-order valence-corrected chi connectivity index (χ2v) is 10.2. The highest BCUT2D eigenvalue weighted by Crippen LogP contribution is 2.21. The molecule has 0 radical (unpaired) electrons. The van der Waals surface area contributed by atoms with Gasteiger partial charge in [-0.3, -0.25) is 13.9 Å². The normalized spacial score (nSPS) is 12.1. The maximum absolute atomic E-state index is 13.8. The van der Waals surface area contributed by atoms with Crippen molar-refractivity contribution in [2.45, 2.75) is 52.6 Å². The smallest absolute Gasteiger partial charge is 0.244 e. The Labute approximate surface area is 202 Å². The van der Waals surface area contributed by atoms with Crippen molar-refractivity contribution in [2.75, 3.05) is 23.7 Å². The van der Waals surface area contributed by atoms with E-state index < -0.39 is 34.3 Å². The van der Waals surface area contributed by atoms with Crippen molar-refractivity contribution in [1.82, 2.24) is 10.2 Å².